The monoisotopic (exact) mass is 287 g/mol. The zero-order valence-corrected chi connectivity index (χ0v) is 10.3. The van der Waals surface area contributed by atoms with E-state index in [2.05, 4.69) is 15.9 Å². The molecule has 0 bridgehead atoms. The SMILES string of the molecule is COC(=O)C1CCN1c1ccc(F)cc1Br. The highest BCUT2D eigenvalue weighted by molar-refractivity contribution is 9.10. The molecule has 2 rings (SSSR count). The lowest BCUT2D eigenvalue weighted by Crippen LogP contribution is -2.53. The molecule has 1 aliphatic heterocycles. The molecule has 1 aromatic rings. The number of hydrogen-bond acceptors (Lipinski definition) is 3. The van der Waals surface area contributed by atoms with Gasteiger partial charge in [-0.3, -0.25) is 0 Å². The van der Waals surface area contributed by atoms with Gasteiger partial charge in [-0.2, -0.15) is 0 Å². The third-order valence-electron chi connectivity index (χ3n) is 2.71. The van der Waals surface area contributed by atoms with E-state index in [0.29, 0.717) is 4.47 Å². The molecule has 16 heavy (non-hydrogen) atoms. The summed E-state index contributed by atoms with van der Waals surface area (Å²) in [6.45, 7) is 0.782. The number of anilines is 1. The lowest BCUT2D eigenvalue weighted by Gasteiger charge is -2.41. The highest BCUT2D eigenvalue weighted by Crippen LogP contribution is 2.33. The number of halogens is 2. The molecule has 1 saturated heterocycles. The molecule has 1 aromatic carbocycles. The Morgan fingerprint density at radius 2 is 2.38 bits per heavy atom. The lowest BCUT2D eigenvalue weighted by atomic mass is 10.0. The van der Waals surface area contributed by atoms with Gasteiger partial charge in [-0.05, 0) is 40.5 Å². The maximum Gasteiger partial charge on any atom is 0.328 e. The Morgan fingerprint density at radius 3 is 2.88 bits per heavy atom. The predicted octanol–water partition coefficient (Wildman–Crippen LogP) is 2.34. The second kappa shape index (κ2) is 4.41. The first-order valence-electron chi connectivity index (χ1n) is 4.93. The van der Waals surface area contributed by atoms with Crippen molar-refractivity contribution in [3.05, 3.63) is 28.5 Å². The fourth-order valence-electron chi connectivity index (χ4n) is 1.77. The Labute approximate surface area is 101 Å². The second-order valence-corrected chi connectivity index (χ2v) is 4.47. The molecule has 1 fully saturated rings. The molecule has 1 atom stereocenters. The van der Waals surface area contributed by atoms with Crippen LogP contribution in [0.3, 0.4) is 0 Å². The average molecular weight is 288 g/mol. The minimum absolute atomic E-state index is 0.244. The fourth-order valence-corrected chi connectivity index (χ4v) is 2.35. The second-order valence-electron chi connectivity index (χ2n) is 3.62. The number of carbonyl (C=O) groups excluding carboxylic acids is 1. The van der Waals surface area contributed by atoms with Gasteiger partial charge in [-0.1, -0.05) is 0 Å². The van der Waals surface area contributed by atoms with Crippen LogP contribution in [0, 0.1) is 5.82 Å². The topological polar surface area (TPSA) is 29.5 Å². The van der Waals surface area contributed by atoms with Crippen LogP contribution >= 0.6 is 15.9 Å². The Bertz CT molecular complexity index is 424. The molecule has 1 heterocycles. The van der Waals surface area contributed by atoms with Gasteiger partial charge >= 0.3 is 5.97 Å². The van der Waals surface area contributed by atoms with E-state index in [1.807, 2.05) is 4.90 Å². The van der Waals surface area contributed by atoms with E-state index in [9.17, 15) is 9.18 Å². The van der Waals surface area contributed by atoms with Crippen LogP contribution in [0.5, 0.6) is 0 Å². The first-order valence-corrected chi connectivity index (χ1v) is 5.72. The van der Waals surface area contributed by atoms with E-state index in [1.54, 1.807) is 6.07 Å². The smallest absolute Gasteiger partial charge is 0.328 e. The third-order valence-corrected chi connectivity index (χ3v) is 3.35. The van der Waals surface area contributed by atoms with Crippen LogP contribution in [-0.2, 0) is 9.53 Å². The van der Waals surface area contributed by atoms with E-state index >= 15 is 0 Å². The van der Waals surface area contributed by atoms with E-state index in [1.165, 1.54) is 19.2 Å². The van der Waals surface area contributed by atoms with Gasteiger partial charge in [-0.25, -0.2) is 9.18 Å². The van der Waals surface area contributed by atoms with E-state index < -0.39 is 0 Å². The summed E-state index contributed by atoms with van der Waals surface area (Å²) in [6, 6.07) is 4.19. The van der Waals surface area contributed by atoms with Gasteiger partial charge in [0.15, 0.2) is 0 Å². The first kappa shape index (κ1) is 11.4. The number of ether oxygens (including phenoxy) is 1. The van der Waals surface area contributed by atoms with Gasteiger partial charge in [0, 0.05) is 11.0 Å². The molecule has 0 aliphatic carbocycles. The summed E-state index contributed by atoms with van der Waals surface area (Å²) in [7, 11) is 1.37. The van der Waals surface area contributed by atoms with Crippen molar-refractivity contribution in [1.29, 1.82) is 0 Å². The number of carbonyl (C=O) groups is 1. The van der Waals surface area contributed by atoms with Gasteiger partial charge < -0.3 is 9.64 Å². The standard InChI is InChI=1S/C11H11BrFNO2/c1-16-11(15)10-4-5-14(10)9-3-2-7(13)6-8(9)12/h2-3,6,10H,4-5H2,1H3. The van der Waals surface area contributed by atoms with Gasteiger partial charge in [0.2, 0.25) is 0 Å². The Balaban J connectivity index is 2.22. The molecule has 0 amide bonds. The van der Waals surface area contributed by atoms with Crippen molar-refractivity contribution in [2.24, 2.45) is 0 Å². The van der Waals surface area contributed by atoms with Crippen LogP contribution in [0.2, 0.25) is 0 Å². The summed E-state index contributed by atoms with van der Waals surface area (Å²) in [5.74, 6) is -0.548. The van der Waals surface area contributed by atoms with Crippen molar-refractivity contribution < 1.29 is 13.9 Å². The van der Waals surface area contributed by atoms with Crippen molar-refractivity contribution in [2.75, 3.05) is 18.6 Å². The van der Waals surface area contributed by atoms with Crippen molar-refractivity contribution in [1.82, 2.24) is 0 Å². The number of hydrogen-bond donors (Lipinski definition) is 0. The molecule has 0 spiro atoms. The molecular weight excluding hydrogens is 277 g/mol. The fraction of sp³-hybridized carbons (Fsp3) is 0.364. The minimum atomic E-state index is -0.300. The number of rotatable bonds is 2. The lowest BCUT2D eigenvalue weighted by molar-refractivity contribution is -0.143. The van der Waals surface area contributed by atoms with Crippen LogP contribution < -0.4 is 4.90 Å². The molecule has 0 N–H and O–H groups in total. The normalized spacial score (nSPS) is 19.2. The van der Waals surface area contributed by atoms with E-state index in [0.717, 1.165) is 18.7 Å². The summed E-state index contributed by atoms with van der Waals surface area (Å²) in [5.41, 5.74) is 0.822. The number of benzene rings is 1. The molecule has 1 aliphatic rings. The van der Waals surface area contributed by atoms with Gasteiger partial charge in [0.1, 0.15) is 11.9 Å². The summed E-state index contributed by atoms with van der Waals surface area (Å²) in [4.78, 5) is 13.3. The van der Waals surface area contributed by atoms with Crippen LogP contribution in [0.15, 0.2) is 22.7 Å². The molecule has 0 saturated carbocycles. The minimum Gasteiger partial charge on any atom is -0.467 e. The Kier molecular flexibility index (Phi) is 3.14. The van der Waals surface area contributed by atoms with Crippen LogP contribution in [0.4, 0.5) is 10.1 Å². The Morgan fingerprint density at radius 1 is 1.62 bits per heavy atom. The molecule has 86 valence electrons. The zero-order chi connectivity index (χ0) is 11.7. The summed E-state index contributed by atoms with van der Waals surface area (Å²) < 4.78 is 18.3. The molecule has 0 aromatic heterocycles. The van der Waals surface area contributed by atoms with Crippen LogP contribution in [-0.4, -0.2) is 25.7 Å². The number of methoxy groups -OCH3 is 1. The average Bonchev–Trinajstić information content (AvgIpc) is 2.20. The first-order chi connectivity index (χ1) is 7.63. The molecule has 0 radical (unpaired) electrons. The number of nitrogens with zero attached hydrogens (tertiary/aromatic N) is 1. The summed E-state index contributed by atoms with van der Waals surface area (Å²) in [6.07, 6.45) is 0.774. The number of esters is 1. The summed E-state index contributed by atoms with van der Waals surface area (Å²) in [5, 5.41) is 0. The maximum atomic E-state index is 12.9. The summed E-state index contributed by atoms with van der Waals surface area (Å²) >= 11 is 3.29. The van der Waals surface area contributed by atoms with E-state index in [4.69, 9.17) is 4.74 Å². The zero-order valence-electron chi connectivity index (χ0n) is 8.74. The van der Waals surface area contributed by atoms with Crippen molar-refractivity contribution in [3.63, 3.8) is 0 Å². The van der Waals surface area contributed by atoms with Gasteiger partial charge in [0.25, 0.3) is 0 Å². The van der Waals surface area contributed by atoms with Crippen LogP contribution in [0.25, 0.3) is 0 Å². The highest BCUT2D eigenvalue weighted by atomic mass is 79.9. The Hall–Kier alpha value is -1.10. The quantitative estimate of drug-likeness (QED) is 0.782. The molecule has 5 heteroatoms. The van der Waals surface area contributed by atoms with Crippen molar-refractivity contribution >= 4 is 27.6 Å². The highest BCUT2D eigenvalue weighted by Gasteiger charge is 2.35. The maximum absolute atomic E-state index is 12.9. The molecule has 1 unspecified atom stereocenters. The third kappa shape index (κ3) is 1.91. The van der Waals surface area contributed by atoms with E-state index in [-0.39, 0.29) is 17.8 Å². The van der Waals surface area contributed by atoms with Crippen molar-refractivity contribution in [2.45, 2.75) is 12.5 Å². The van der Waals surface area contributed by atoms with Crippen molar-refractivity contribution in [3.8, 4) is 0 Å². The largest absolute Gasteiger partial charge is 0.467 e. The molecule has 3 nitrogen and oxygen atoms in total. The van der Waals surface area contributed by atoms with Crippen LogP contribution in [0.1, 0.15) is 6.42 Å². The predicted molar refractivity (Wildman–Crippen MR) is 61.9 cm³/mol. The van der Waals surface area contributed by atoms with Gasteiger partial charge in [-0.15, -0.1) is 0 Å². The molecular formula is C11H11BrFNO2. The van der Waals surface area contributed by atoms with Gasteiger partial charge in [0.05, 0.1) is 12.8 Å².